The van der Waals surface area contributed by atoms with Gasteiger partial charge in [0.05, 0.1) is 18.9 Å². The van der Waals surface area contributed by atoms with Gasteiger partial charge in [0.15, 0.2) is 5.76 Å². The lowest BCUT2D eigenvalue weighted by atomic mass is 9.93. The largest absolute Gasteiger partial charge is 0.465 e. The lowest BCUT2D eigenvalue weighted by Crippen LogP contribution is -2.20. The van der Waals surface area contributed by atoms with Gasteiger partial charge in [0.2, 0.25) is 0 Å². The topological polar surface area (TPSA) is 61.6 Å². The Labute approximate surface area is 149 Å². The van der Waals surface area contributed by atoms with Gasteiger partial charge in [-0.2, -0.15) is 0 Å². The minimum absolute atomic E-state index is 0.0917. The van der Waals surface area contributed by atoms with Crippen molar-refractivity contribution in [1.82, 2.24) is 5.16 Å². The molecule has 0 bridgehead atoms. The molecule has 0 amide bonds. The van der Waals surface area contributed by atoms with Gasteiger partial charge in [-0.25, -0.2) is 0 Å². The molecule has 2 rings (SSSR count). The number of esters is 1. The number of rotatable bonds is 10. The predicted octanol–water partition coefficient (Wildman–Crippen LogP) is 4.13. The normalized spacial score (nSPS) is 12.3. The fourth-order valence-electron chi connectivity index (χ4n) is 2.66. The number of benzene rings is 1. The molecule has 0 aliphatic rings. The minimum atomic E-state index is -0.407. The highest BCUT2D eigenvalue weighted by Crippen LogP contribution is 2.27. The van der Waals surface area contributed by atoms with Crippen LogP contribution in [-0.2, 0) is 27.3 Å². The first kappa shape index (κ1) is 19.2. The fourth-order valence-corrected chi connectivity index (χ4v) is 2.66. The first-order valence-electron chi connectivity index (χ1n) is 8.85. The monoisotopic (exact) mass is 345 g/mol. The highest BCUT2D eigenvalue weighted by Gasteiger charge is 2.29. The number of hydrogen-bond donors (Lipinski definition) is 0. The molecule has 5 heteroatoms. The second-order valence-electron chi connectivity index (χ2n) is 6.34. The molecule has 0 aliphatic heterocycles. The number of nitrogens with zero attached hydrogens (tertiary/aromatic N) is 1. The third kappa shape index (κ3) is 6.02. The van der Waals surface area contributed by atoms with Gasteiger partial charge in [-0.3, -0.25) is 4.79 Å². The zero-order valence-electron chi connectivity index (χ0n) is 15.2. The van der Waals surface area contributed by atoms with Crippen LogP contribution in [0.25, 0.3) is 0 Å². The molecule has 0 radical (unpaired) electrons. The molecule has 1 aromatic carbocycles. The van der Waals surface area contributed by atoms with Crippen molar-refractivity contribution in [1.29, 1.82) is 0 Å². The van der Waals surface area contributed by atoms with E-state index < -0.39 is 5.92 Å². The lowest BCUT2D eigenvalue weighted by molar-refractivity contribution is -0.146. The van der Waals surface area contributed by atoms with Crippen LogP contribution < -0.4 is 0 Å². The van der Waals surface area contributed by atoms with E-state index in [4.69, 9.17) is 14.0 Å². The Hall–Kier alpha value is -2.14. The summed E-state index contributed by atoms with van der Waals surface area (Å²) in [6.07, 6.45) is 1.61. The molecule has 5 nitrogen and oxygen atoms in total. The van der Waals surface area contributed by atoms with Gasteiger partial charge in [-0.05, 0) is 31.2 Å². The highest BCUT2D eigenvalue weighted by molar-refractivity contribution is 5.77. The van der Waals surface area contributed by atoms with E-state index in [-0.39, 0.29) is 11.9 Å². The smallest absolute Gasteiger partial charge is 0.317 e. The van der Waals surface area contributed by atoms with E-state index in [9.17, 15) is 4.79 Å². The standard InChI is InChI=1S/C20H27NO4/c1-4-24-20(22)19(15(2)3)18-13-17(21-25-18)11-8-12-23-14-16-9-6-5-7-10-16/h5-7,9-10,13,15,19H,4,8,11-12,14H2,1-3H3. The summed E-state index contributed by atoms with van der Waals surface area (Å²) in [4.78, 5) is 12.1. The van der Waals surface area contributed by atoms with Gasteiger partial charge in [0.25, 0.3) is 0 Å². The number of ether oxygens (including phenoxy) is 2. The average molecular weight is 345 g/mol. The summed E-state index contributed by atoms with van der Waals surface area (Å²) in [7, 11) is 0. The maximum Gasteiger partial charge on any atom is 0.317 e. The van der Waals surface area contributed by atoms with Crippen LogP contribution in [0.2, 0.25) is 0 Å². The van der Waals surface area contributed by atoms with Crippen LogP contribution in [0.3, 0.4) is 0 Å². The summed E-state index contributed by atoms with van der Waals surface area (Å²) in [6.45, 7) is 7.38. The Balaban J connectivity index is 1.79. The second-order valence-corrected chi connectivity index (χ2v) is 6.34. The number of carbonyl (C=O) groups excluding carboxylic acids is 1. The van der Waals surface area contributed by atoms with Gasteiger partial charge < -0.3 is 14.0 Å². The molecule has 1 unspecified atom stereocenters. The first-order chi connectivity index (χ1) is 12.1. The molecule has 136 valence electrons. The van der Waals surface area contributed by atoms with E-state index in [2.05, 4.69) is 5.16 Å². The van der Waals surface area contributed by atoms with Crippen molar-refractivity contribution in [2.75, 3.05) is 13.2 Å². The van der Waals surface area contributed by atoms with E-state index in [0.717, 1.165) is 18.5 Å². The number of carbonyl (C=O) groups is 1. The van der Waals surface area contributed by atoms with Gasteiger partial charge in [-0.1, -0.05) is 49.3 Å². The molecule has 0 N–H and O–H groups in total. The molecule has 0 saturated carbocycles. The van der Waals surface area contributed by atoms with E-state index >= 15 is 0 Å². The summed E-state index contributed by atoms with van der Waals surface area (Å²) < 4.78 is 16.2. The van der Waals surface area contributed by atoms with E-state index in [0.29, 0.717) is 25.6 Å². The third-order valence-corrected chi connectivity index (χ3v) is 3.92. The maximum atomic E-state index is 12.1. The Morgan fingerprint density at radius 2 is 2.00 bits per heavy atom. The van der Waals surface area contributed by atoms with Crippen molar-refractivity contribution in [3.8, 4) is 0 Å². The predicted molar refractivity (Wildman–Crippen MR) is 95.1 cm³/mol. The van der Waals surface area contributed by atoms with Crippen LogP contribution in [0.4, 0.5) is 0 Å². The van der Waals surface area contributed by atoms with Gasteiger partial charge in [0.1, 0.15) is 5.92 Å². The molecule has 0 saturated heterocycles. The molecule has 1 atom stereocenters. The van der Waals surface area contributed by atoms with Crippen molar-refractivity contribution >= 4 is 5.97 Å². The Morgan fingerprint density at radius 1 is 1.24 bits per heavy atom. The van der Waals surface area contributed by atoms with Crippen LogP contribution >= 0.6 is 0 Å². The van der Waals surface area contributed by atoms with Crippen LogP contribution in [0.5, 0.6) is 0 Å². The Kier molecular flexibility index (Phi) is 7.67. The van der Waals surface area contributed by atoms with Crippen LogP contribution in [0.15, 0.2) is 40.9 Å². The van der Waals surface area contributed by atoms with Crippen molar-refractivity contribution in [2.45, 2.75) is 46.1 Å². The van der Waals surface area contributed by atoms with Gasteiger partial charge in [0, 0.05) is 12.7 Å². The summed E-state index contributed by atoms with van der Waals surface area (Å²) in [5.41, 5.74) is 2.01. The minimum Gasteiger partial charge on any atom is -0.465 e. The zero-order valence-corrected chi connectivity index (χ0v) is 15.2. The molecule has 0 spiro atoms. The number of aromatic nitrogens is 1. The van der Waals surface area contributed by atoms with Crippen LogP contribution in [0, 0.1) is 5.92 Å². The molecule has 1 aromatic heterocycles. The fraction of sp³-hybridized carbons (Fsp3) is 0.500. The van der Waals surface area contributed by atoms with Gasteiger partial charge in [-0.15, -0.1) is 0 Å². The molecule has 2 aromatic rings. The van der Waals surface area contributed by atoms with E-state index in [1.54, 1.807) is 6.92 Å². The van der Waals surface area contributed by atoms with Crippen molar-refractivity contribution < 1.29 is 18.8 Å². The molecule has 0 fully saturated rings. The Bertz CT molecular complexity index is 636. The molecular weight excluding hydrogens is 318 g/mol. The van der Waals surface area contributed by atoms with Gasteiger partial charge >= 0.3 is 5.97 Å². The van der Waals surface area contributed by atoms with Crippen molar-refractivity contribution in [3.63, 3.8) is 0 Å². The average Bonchev–Trinajstić information content (AvgIpc) is 3.04. The summed E-state index contributed by atoms with van der Waals surface area (Å²) in [5.74, 6) is 0.00429. The molecule has 0 aliphatic carbocycles. The SMILES string of the molecule is CCOC(=O)C(c1cc(CCCOCc2ccccc2)no1)C(C)C. The molecule has 1 heterocycles. The quantitative estimate of drug-likeness (QED) is 0.479. The van der Waals surface area contributed by atoms with Crippen molar-refractivity contribution in [2.24, 2.45) is 5.92 Å². The summed E-state index contributed by atoms with van der Waals surface area (Å²) >= 11 is 0. The highest BCUT2D eigenvalue weighted by atomic mass is 16.5. The molecular formula is C20H27NO4. The van der Waals surface area contributed by atoms with E-state index in [1.807, 2.05) is 50.2 Å². The summed E-state index contributed by atoms with van der Waals surface area (Å²) in [5, 5.41) is 4.08. The first-order valence-corrected chi connectivity index (χ1v) is 8.85. The second kappa shape index (κ2) is 9.99. The number of hydrogen-bond acceptors (Lipinski definition) is 5. The van der Waals surface area contributed by atoms with Crippen molar-refractivity contribution in [3.05, 3.63) is 53.4 Å². The van der Waals surface area contributed by atoms with E-state index in [1.165, 1.54) is 5.56 Å². The summed E-state index contributed by atoms with van der Waals surface area (Å²) in [6, 6.07) is 12.0. The van der Waals surface area contributed by atoms with Crippen LogP contribution in [0.1, 0.15) is 50.1 Å². The zero-order chi connectivity index (χ0) is 18.1. The lowest BCUT2D eigenvalue weighted by Gasteiger charge is -2.15. The third-order valence-electron chi connectivity index (χ3n) is 3.92. The van der Waals surface area contributed by atoms with Crippen LogP contribution in [-0.4, -0.2) is 24.3 Å². The Morgan fingerprint density at radius 3 is 2.68 bits per heavy atom. The number of aryl methyl sites for hydroxylation is 1. The maximum absolute atomic E-state index is 12.1. The molecule has 25 heavy (non-hydrogen) atoms.